The number of rotatable bonds is 1. The standard InChI is InChI=1S/C7H6O2.CH4O.Ni/c8-7(9)6-4-2-1-3-5-6;1-2;/h1-5H,(H,8,9);2H,1H3;. The molecule has 0 aromatic heterocycles. The first-order chi connectivity index (χ1) is 5.30. The maximum absolute atomic E-state index is 10.2. The van der Waals surface area contributed by atoms with E-state index in [1.807, 2.05) is 0 Å². The number of hydrogen-bond donors (Lipinski definition) is 2. The van der Waals surface area contributed by atoms with Crippen LogP contribution >= 0.6 is 0 Å². The quantitative estimate of drug-likeness (QED) is 0.683. The maximum atomic E-state index is 10.2. The van der Waals surface area contributed by atoms with Crippen molar-refractivity contribution in [1.29, 1.82) is 0 Å². The fourth-order valence-electron chi connectivity index (χ4n) is 0.581. The second-order valence-corrected chi connectivity index (χ2v) is 1.67. The summed E-state index contributed by atoms with van der Waals surface area (Å²) in [6.45, 7) is 0. The summed E-state index contributed by atoms with van der Waals surface area (Å²) in [5, 5.41) is 15.4. The van der Waals surface area contributed by atoms with Gasteiger partial charge in [-0.3, -0.25) is 0 Å². The maximum Gasteiger partial charge on any atom is 0.335 e. The Morgan fingerprint density at radius 1 is 1.17 bits per heavy atom. The van der Waals surface area contributed by atoms with Crippen LogP contribution in [0.15, 0.2) is 30.3 Å². The summed E-state index contributed by atoms with van der Waals surface area (Å²) >= 11 is 0. The number of benzene rings is 1. The predicted molar refractivity (Wildman–Crippen MR) is 41.5 cm³/mol. The monoisotopic (exact) mass is 212 g/mol. The molecule has 0 unspecified atom stereocenters. The molecule has 0 saturated carbocycles. The van der Waals surface area contributed by atoms with Crippen molar-refractivity contribution >= 4 is 5.97 Å². The largest absolute Gasteiger partial charge is 0.478 e. The number of hydrogen-bond acceptors (Lipinski definition) is 2. The average Bonchev–Trinajstić information content (AvgIpc) is 2.10. The molecule has 1 aromatic carbocycles. The molecule has 0 heterocycles. The van der Waals surface area contributed by atoms with Gasteiger partial charge in [-0.25, -0.2) is 4.79 Å². The topological polar surface area (TPSA) is 57.5 Å². The Balaban J connectivity index is 0. The van der Waals surface area contributed by atoms with E-state index in [0.29, 0.717) is 5.56 Å². The zero-order valence-corrected chi connectivity index (χ0v) is 7.49. The van der Waals surface area contributed by atoms with Gasteiger partial charge in [0.05, 0.1) is 5.56 Å². The van der Waals surface area contributed by atoms with Crippen LogP contribution in [0.1, 0.15) is 10.4 Å². The second kappa shape index (κ2) is 8.24. The van der Waals surface area contributed by atoms with Gasteiger partial charge in [0.15, 0.2) is 0 Å². The summed E-state index contributed by atoms with van der Waals surface area (Å²) in [4.78, 5) is 10.2. The van der Waals surface area contributed by atoms with Crippen molar-refractivity contribution in [3.8, 4) is 0 Å². The molecule has 0 bridgehead atoms. The van der Waals surface area contributed by atoms with E-state index in [9.17, 15) is 4.79 Å². The van der Waals surface area contributed by atoms with Crippen LogP contribution in [0.5, 0.6) is 0 Å². The first-order valence-electron chi connectivity index (χ1n) is 3.04. The minimum atomic E-state index is -0.879. The number of carboxylic acid groups (broad SMARTS) is 1. The van der Waals surface area contributed by atoms with Crippen molar-refractivity contribution in [3.63, 3.8) is 0 Å². The summed E-state index contributed by atoms with van der Waals surface area (Å²) in [6, 6.07) is 8.30. The van der Waals surface area contributed by atoms with Gasteiger partial charge in [-0.1, -0.05) is 18.2 Å². The molecule has 4 heteroatoms. The molecule has 1 rings (SSSR count). The minimum absolute atomic E-state index is 0. The molecule has 70 valence electrons. The van der Waals surface area contributed by atoms with Gasteiger partial charge >= 0.3 is 5.97 Å². The van der Waals surface area contributed by atoms with E-state index in [1.165, 1.54) is 0 Å². The molecular formula is C8H10NiO3. The van der Waals surface area contributed by atoms with E-state index in [4.69, 9.17) is 10.2 Å². The van der Waals surface area contributed by atoms with Crippen molar-refractivity contribution in [2.24, 2.45) is 0 Å². The number of aromatic carboxylic acids is 1. The van der Waals surface area contributed by atoms with Crippen molar-refractivity contribution in [2.75, 3.05) is 7.11 Å². The molecule has 0 amide bonds. The van der Waals surface area contributed by atoms with Crippen LogP contribution in [0, 0.1) is 0 Å². The van der Waals surface area contributed by atoms with Gasteiger partial charge < -0.3 is 10.2 Å². The molecule has 0 saturated heterocycles. The van der Waals surface area contributed by atoms with Crippen molar-refractivity contribution < 1.29 is 31.5 Å². The third-order valence-corrected chi connectivity index (χ3v) is 1.02. The smallest absolute Gasteiger partial charge is 0.335 e. The molecule has 0 radical (unpaired) electrons. The van der Waals surface area contributed by atoms with E-state index >= 15 is 0 Å². The third-order valence-electron chi connectivity index (χ3n) is 1.02. The van der Waals surface area contributed by atoms with Gasteiger partial charge in [-0.15, -0.1) is 0 Å². The minimum Gasteiger partial charge on any atom is -0.478 e. The molecule has 0 atom stereocenters. The van der Waals surface area contributed by atoms with Crippen LogP contribution in [0.2, 0.25) is 0 Å². The van der Waals surface area contributed by atoms with Gasteiger partial charge in [0.25, 0.3) is 0 Å². The van der Waals surface area contributed by atoms with E-state index in [1.54, 1.807) is 30.3 Å². The van der Waals surface area contributed by atoms with Gasteiger partial charge in [0.2, 0.25) is 0 Å². The van der Waals surface area contributed by atoms with Crippen LogP contribution in [-0.4, -0.2) is 23.3 Å². The normalized spacial score (nSPS) is 7.17. The predicted octanol–water partition coefficient (Wildman–Crippen LogP) is 0.991. The van der Waals surface area contributed by atoms with Gasteiger partial charge in [-0.2, -0.15) is 0 Å². The van der Waals surface area contributed by atoms with E-state index in [2.05, 4.69) is 0 Å². The number of aliphatic hydroxyl groups excluding tert-OH is 1. The Morgan fingerprint density at radius 2 is 1.58 bits per heavy atom. The second-order valence-electron chi connectivity index (χ2n) is 1.67. The van der Waals surface area contributed by atoms with Crippen molar-refractivity contribution in [2.45, 2.75) is 0 Å². The summed E-state index contributed by atoms with van der Waals surface area (Å²) < 4.78 is 0. The average molecular weight is 213 g/mol. The fraction of sp³-hybridized carbons (Fsp3) is 0.125. The molecule has 1 aromatic rings. The molecule has 0 aliphatic carbocycles. The Morgan fingerprint density at radius 3 is 1.83 bits per heavy atom. The Labute approximate surface area is 81.0 Å². The van der Waals surface area contributed by atoms with E-state index < -0.39 is 5.97 Å². The molecular weight excluding hydrogens is 203 g/mol. The first kappa shape index (κ1) is 13.7. The summed E-state index contributed by atoms with van der Waals surface area (Å²) in [7, 11) is 1.00. The zero-order valence-electron chi connectivity index (χ0n) is 6.51. The molecule has 0 aliphatic rings. The number of carbonyl (C=O) groups is 1. The van der Waals surface area contributed by atoms with Crippen LogP contribution in [0.25, 0.3) is 0 Å². The third kappa shape index (κ3) is 4.88. The van der Waals surface area contributed by atoms with Gasteiger partial charge in [0, 0.05) is 23.6 Å². The van der Waals surface area contributed by atoms with E-state index in [-0.39, 0.29) is 16.5 Å². The Kier molecular flexibility index (Phi) is 9.42. The van der Waals surface area contributed by atoms with Crippen LogP contribution in [0.4, 0.5) is 0 Å². The van der Waals surface area contributed by atoms with Crippen LogP contribution in [0.3, 0.4) is 0 Å². The summed E-state index contributed by atoms with van der Waals surface area (Å²) in [5.41, 5.74) is 0.331. The fourth-order valence-corrected chi connectivity index (χ4v) is 0.581. The SMILES string of the molecule is CO.O=C(O)c1ccccc1.[Ni]. The summed E-state index contributed by atoms with van der Waals surface area (Å²) in [5.74, 6) is -0.879. The number of carboxylic acids is 1. The molecule has 12 heavy (non-hydrogen) atoms. The molecule has 0 fully saturated rings. The van der Waals surface area contributed by atoms with Gasteiger partial charge in [-0.05, 0) is 12.1 Å². The Hall–Kier alpha value is -0.856. The first-order valence-corrected chi connectivity index (χ1v) is 3.04. The number of aliphatic hydroxyl groups is 1. The molecule has 0 spiro atoms. The molecule has 3 nitrogen and oxygen atoms in total. The van der Waals surface area contributed by atoms with Crippen molar-refractivity contribution in [3.05, 3.63) is 35.9 Å². The molecule has 2 N–H and O–H groups in total. The summed E-state index contributed by atoms with van der Waals surface area (Å²) in [6.07, 6.45) is 0. The van der Waals surface area contributed by atoms with E-state index in [0.717, 1.165) is 7.11 Å². The van der Waals surface area contributed by atoms with Crippen molar-refractivity contribution in [1.82, 2.24) is 0 Å². The van der Waals surface area contributed by atoms with Crippen LogP contribution < -0.4 is 0 Å². The zero-order chi connectivity index (χ0) is 8.69. The molecule has 0 aliphatic heterocycles. The van der Waals surface area contributed by atoms with Crippen LogP contribution in [-0.2, 0) is 16.5 Å². The Bertz CT molecular complexity index is 211. The van der Waals surface area contributed by atoms with Gasteiger partial charge in [0.1, 0.15) is 0 Å².